The van der Waals surface area contributed by atoms with Gasteiger partial charge < -0.3 is 18.9 Å². The van der Waals surface area contributed by atoms with Crippen LogP contribution in [0.25, 0.3) is 0 Å². The molecule has 0 N–H and O–H groups in total. The normalized spacial score (nSPS) is 30.3. The average molecular weight is 703 g/mol. The van der Waals surface area contributed by atoms with Gasteiger partial charge in [0.1, 0.15) is 30.2 Å². The van der Waals surface area contributed by atoms with Gasteiger partial charge in [-0.3, -0.25) is 28.8 Å². The molecule has 4 rings (SSSR count). The highest BCUT2D eigenvalue weighted by Gasteiger charge is 2.57. The maximum Gasteiger partial charge on any atom is 0.307 e. The van der Waals surface area contributed by atoms with E-state index in [4.69, 9.17) is 18.9 Å². The molecule has 2 saturated heterocycles. The summed E-state index contributed by atoms with van der Waals surface area (Å²) in [6.45, 7) is 15.9. The van der Waals surface area contributed by atoms with Crippen molar-refractivity contribution in [1.29, 1.82) is 0 Å². The lowest BCUT2D eigenvalue weighted by Crippen LogP contribution is -2.46. The quantitative estimate of drug-likeness (QED) is 0.133. The Kier molecular flexibility index (Phi) is 15.3. The predicted octanol–water partition coefficient (Wildman–Crippen LogP) is 7.43. The fraction of sp³-hybridized carbons (Fsp3) is 0.800. The molecule has 50 heavy (non-hydrogen) atoms. The van der Waals surface area contributed by atoms with Crippen LogP contribution in [0.5, 0.6) is 0 Å². The third-order valence-corrected chi connectivity index (χ3v) is 10.9. The monoisotopic (exact) mass is 702 g/mol. The second-order valence-electron chi connectivity index (χ2n) is 16.4. The number of rotatable bonds is 14. The minimum Gasteiger partial charge on any atom is -0.463 e. The Hall–Kier alpha value is -3.04. The Bertz CT molecular complexity index is 1250. The summed E-state index contributed by atoms with van der Waals surface area (Å²) in [5, 5.41) is 0. The first kappa shape index (κ1) is 41.4. The van der Waals surface area contributed by atoms with E-state index in [9.17, 15) is 28.8 Å². The van der Waals surface area contributed by atoms with Gasteiger partial charge in [-0.15, -0.1) is 0 Å². The van der Waals surface area contributed by atoms with Gasteiger partial charge in [-0.1, -0.05) is 80.1 Å². The van der Waals surface area contributed by atoms with Crippen LogP contribution in [0.15, 0.2) is 12.2 Å². The molecule has 2 aliphatic carbocycles. The number of cyclic esters (lactones) is 2. The highest BCUT2D eigenvalue weighted by Crippen LogP contribution is 2.49. The second-order valence-corrected chi connectivity index (χ2v) is 16.4. The molecule has 2 spiro atoms. The van der Waals surface area contributed by atoms with Crippen LogP contribution in [0, 0.1) is 34.5 Å². The number of Topliss-reactive ketones (excluding diaryl/α,β-unsaturated/α-hetero) is 1. The number of carbonyl (C=O) groups is 6. The maximum atomic E-state index is 12.7. The van der Waals surface area contributed by atoms with Crippen LogP contribution in [0.1, 0.15) is 145 Å². The van der Waals surface area contributed by atoms with E-state index in [0.29, 0.717) is 62.2 Å². The zero-order chi connectivity index (χ0) is 37.2. The van der Waals surface area contributed by atoms with Gasteiger partial charge in [-0.2, -0.15) is 0 Å². The van der Waals surface area contributed by atoms with Crippen molar-refractivity contribution in [2.24, 2.45) is 34.5 Å². The smallest absolute Gasteiger partial charge is 0.307 e. The van der Waals surface area contributed by atoms with Gasteiger partial charge in [0.25, 0.3) is 0 Å². The SMILES string of the molecule is CC(=O)O[C@@H]1C=CC(=O)C2(CC(=O)O[C@@H]2CC(C)CCCC(C)C)C1.CC(=O)O[C@@H]1CCC(=O)C2(CC(=O)O[C@@H]2CC(C)CCCC(C)C)C1. The molecule has 3 fully saturated rings. The van der Waals surface area contributed by atoms with Crippen LogP contribution in [-0.4, -0.2) is 59.9 Å². The van der Waals surface area contributed by atoms with Gasteiger partial charge in [0.15, 0.2) is 5.78 Å². The molecule has 0 aromatic rings. The predicted molar refractivity (Wildman–Crippen MR) is 188 cm³/mol. The van der Waals surface area contributed by atoms with Crippen LogP contribution in [0.4, 0.5) is 0 Å². The van der Waals surface area contributed by atoms with Gasteiger partial charge in [0.2, 0.25) is 0 Å². The molecule has 4 unspecified atom stereocenters. The summed E-state index contributed by atoms with van der Waals surface area (Å²) >= 11 is 0. The topological polar surface area (TPSA) is 139 Å². The molecule has 282 valence electrons. The van der Waals surface area contributed by atoms with Crippen molar-refractivity contribution < 1.29 is 47.7 Å². The minimum atomic E-state index is -0.877. The lowest BCUT2D eigenvalue weighted by atomic mass is 9.66. The first-order valence-electron chi connectivity index (χ1n) is 18.9. The first-order chi connectivity index (χ1) is 23.4. The lowest BCUT2D eigenvalue weighted by Gasteiger charge is -2.38. The largest absolute Gasteiger partial charge is 0.463 e. The molecular formula is C40H62O10. The summed E-state index contributed by atoms with van der Waals surface area (Å²) in [5.74, 6) is 0.805. The molecule has 0 aromatic carbocycles. The Balaban J connectivity index is 0.000000270. The van der Waals surface area contributed by atoms with Gasteiger partial charge in [-0.05, 0) is 55.1 Å². The fourth-order valence-electron chi connectivity index (χ4n) is 8.24. The van der Waals surface area contributed by atoms with E-state index >= 15 is 0 Å². The van der Waals surface area contributed by atoms with Crippen LogP contribution in [0.2, 0.25) is 0 Å². The van der Waals surface area contributed by atoms with E-state index < -0.39 is 23.0 Å². The van der Waals surface area contributed by atoms with Crippen LogP contribution in [0.3, 0.4) is 0 Å². The van der Waals surface area contributed by atoms with Gasteiger partial charge in [0.05, 0.1) is 23.7 Å². The second kappa shape index (κ2) is 18.5. The molecule has 10 heteroatoms. The number of hydrogen-bond donors (Lipinski definition) is 0. The minimum absolute atomic E-state index is 0.0807. The molecule has 1 saturated carbocycles. The summed E-state index contributed by atoms with van der Waals surface area (Å²) in [6.07, 6.45) is 11.5. The number of allylic oxidation sites excluding steroid dienone is 1. The number of ketones is 2. The number of esters is 4. The molecule has 2 aliphatic heterocycles. The molecule has 10 nitrogen and oxygen atoms in total. The van der Waals surface area contributed by atoms with Crippen LogP contribution < -0.4 is 0 Å². The van der Waals surface area contributed by atoms with Gasteiger partial charge in [0, 0.05) is 33.1 Å². The highest BCUT2D eigenvalue weighted by molar-refractivity contribution is 6.00. The van der Waals surface area contributed by atoms with Crippen molar-refractivity contribution in [2.45, 2.75) is 170 Å². The zero-order valence-electron chi connectivity index (χ0n) is 31.8. The molecule has 4 aliphatic rings. The fourth-order valence-corrected chi connectivity index (χ4v) is 8.24. The highest BCUT2D eigenvalue weighted by atomic mass is 16.6. The first-order valence-corrected chi connectivity index (χ1v) is 18.9. The molecule has 8 atom stereocenters. The zero-order valence-corrected chi connectivity index (χ0v) is 31.8. The third-order valence-electron chi connectivity index (χ3n) is 10.9. The van der Waals surface area contributed by atoms with E-state index in [-0.39, 0.29) is 60.5 Å². The summed E-state index contributed by atoms with van der Waals surface area (Å²) in [7, 11) is 0. The maximum absolute atomic E-state index is 12.7. The molecule has 0 bridgehead atoms. The van der Waals surface area contributed by atoms with Crippen LogP contribution in [-0.2, 0) is 47.7 Å². The van der Waals surface area contributed by atoms with Crippen molar-refractivity contribution >= 4 is 35.4 Å². The Morgan fingerprint density at radius 2 is 1.24 bits per heavy atom. The molecule has 0 aromatic heterocycles. The third kappa shape index (κ3) is 11.5. The summed E-state index contributed by atoms with van der Waals surface area (Å²) < 4.78 is 21.7. The van der Waals surface area contributed by atoms with E-state index in [1.165, 1.54) is 32.8 Å². The van der Waals surface area contributed by atoms with Crippen molar-refractivity contribution in [3.8, 4) is 0 Å². The van der Waals surface area contributed by atoms with Crippen molar-refractivity contribution in [1.82, 2.24) is 0 Å². The lowest BCUT2D eigenvalue weighted by molar-refractivity contribution is -0.157. The summed E-state index contributed by atoms with van der Waals surface area (Å²) in [5.41, 5.74) is -1.67. The Morgan fingerprint density at radius 1 is 0.740 bits per heavy atom. The molecule has 0 amide bonds. The number of hydrogen-bond acceptors (Lipinski definition) is 10. The van der Waals surface area contributed by atoms with Crippen LogP contribution >= 0.6 is 0 Å². The van der Waals surface area contributed by atoms with E-state index in [2.05, 4.69) is 41.5 Å². The molecule has 0 radical (unpaired) electrons. The van der Waals surface area contributed by atoms with E-state index in [1.54, 1.807) is 6.08 Å². The molecular weight excluding hydrogens is 640 g/mol. The Morgan fingerprint density at radius 3 is 1.74 bits per heavy atom. The van der Waals surface area contributed by atoms with Gasteiger partial charge >= 0.3 is 23.9 Å². The molecule has 2 heterocycles. The standard InChI is InChI=1S/C20H32O5.C20H30O5/c2*1-13(2)6-5-7-14(3)10-18-20(12-19(23)25-18)11-16(24-15(4)21)8-9-17(20)22/h13-14,16,18H,5-12H2,1-4H3;8-9,13-14,16,18H,5-7,10-12H2,1-4H3/t2*14?,16-,18-,20?/m11/s1. The number of ether oxygens (including phenoxy) is 4. The summed E-state index contributed by atoms with van der Waals surface area (Å²) in [6, 6.07) is 0. The van der Waals surface area contributed by atoms with Crippen molar-refractivity contribution in [2.75, 3.05) is 0 Å². The number of carbonyl (C=O) groups excluding carboxylic acids is 6. The van der Waals surface area contributed by atoms with Crippen molar-refractivity contribution in [3.05, 3.63) is 12.2 Å². The Labute approximate surface area is 299 Å². The van der Waals surface area contributed by atoms with E-state index in [0.717, 1.165) is 25.7 Å². The average Bonchev–Trinajstić information content (AvgIpc) is 3.46. The summed E-state index contributed by atoms with van der Waals surface area (Å²) in [4.78, 5) is 71.9. The van der Waals surface area contributed by atoms with Gasteiger partial charge in [-0.25, -0.2) is 0 Å². The van der Waals surface area contributed by atoms with Crippen molar-refractivity contribution in [3.63, 3.8) is 0 Å². The van der Waals surface area contributed by atoms with E-state index in [1.807, 2.05) is 0 Å².